The Kier molecular flexibility index (Phi) is 6.20. The Hall–Kier alpha value is -2.89. The molecule has 0 saturated heterocycles. The highest BCUT2D eigenvalue weighted by Gasteiger charge is 2.27. The second kappa shape index (κ2) is 8.20. The number of esters is 2. The Bertz CT molecular complexity index is 859. The van der Waals surface area contributed by atoms with Crippen LogP contribution in [0.15, 0.2) is 30.5 Å². The van der Waals surface area contributed by atoms with Gasteiger partial charge in [0, 0.05) is 23.1 Å². The zero-order chi connectivity index (χ0) is 20.3. The van der Waals surface area contributed by atoms with Crippen LogP contribution >= 0.6 is 0 Å². The van der Waals surface area contributed by atoms with E-state index in [0.717, 1.165) is 5.69 Å². The van der Waals surface area contributed by atoms with E-state index in [2.05, 4.69) is 0 Å². The topological polar surface area (TPSA) is 74.6 Å². The van der Waals surface area contributed by atoms with E-state index in [-0.39, 0.29) is 29.1 Å². The van der Waals surface area contributed by atoms with Crippen molar-refractivity contribution in [1.82, 2.24) is 4.57 Å². The predicted octanol–water partition coefficient (Wildman–Crippen LogP) is 4.12. The quantitative estimate of drug-likeness (QED) is 0.564. The summed E-state index contributed by atoms with van der Waals surface area (Å²) < 4.78 is 12.3. The molecule has 0 saturated carbocycles. The first kappa shape index (κ1) is 20.4. The maximum atomic E-state index is 12.6. The summed E-state index contributed by atoms with van der Waals surface area (Å²) in [4.78, 5) is 36.6. The molecule has 0 aliphatic carbocycles. The fourth-order valence-corrected chi connectivity index (χ4v) is 2.69. The summed E-state index contributed by atoms with van der Waals surface area (Å²) in [6.07, 6.45) is 0.939. The van der Waals surface area contributed by atoms with Crippen LogP contribution < -0.4 is 0 Å². The molecule has 0 aliphatic heterocycles. The van der Waals surface area contributed by atoms with Gasteiger partial charge in [-0.05, 0) is 65.8 Å². The van der Waals surface area contributed by atoms with Crippen LogP contribution in [0.3, 0.4) is 0 Å². The highest BCUT2D eigenvalue weighted by atomic mass is 16.5. The second-order valence-electron chi connectivity index (χ2n) is 6.88. The van der Waals surface area contributed by atoms with Crippen molar-refractivity contribution in [3.8, 4) is 5.69 Å². The molecule has 0 amide bonds. The van der Waals surface area contributed by atoms with Crippen molar-refractivity contribution in [1.29, 1.82) is 0 Å². The molecular formula is C21H25NO5. The number of ether oxygens (including phenoxy) is 2. The van der Waals surface area contributed by atoms with Crippen LogP contribution in [-0.4, -0.2) is 34.5 Å². The highest BCUT2D eigenvalue weighted by molar-refractivity contribution is 6.04. The summed E-state index contributed by atoms with van der Waals surface area (Å²) in [6, 6.07) is 6.93. The van der Waals surface area contributed by atoms with Crippen molar-refractivity contribution in [2.45, 2.75) is 53.8 Å². The molecule has 2 rings (SSSR count). The van der Waals surface area contributed by atoms with Crippen molar-refractivity contribution in [3.63, 3.8) is 0 Å². The van der Waals surface area contributed by atoms with E-state index in [0.29, 0.717) is 11.3 Å². The lowest BCUT2D eigenvalue weighted by atomic mass is 10.1. The maximum absolute atomic E-state index is 12.6. The molecule has 1 aromatic carbocycles. The minimum atomic E-state index is -0.581. The van der Waals surface area contributed by atoms with Crippen molar-refractivity contribution in [2.24, 2.45) is 0 Å². The zero-order valence-corrected chi connectivity index (χ0v) is 16.5. The number of hydrogen-bond acceptors (Lipinski definition) is 5. The molecule has 0 N–H and O–H groups in total. The molecule has 0 fully saturated rings. The maximum Gasteiger partial charge on any atom is 0.341 e. The molecule has 1 aromatic heterocycles. The van der Waals surface area contributed by atoms with E-state index in [1.807, 2.05) is 0 Å². The molecule has 0 unspecified atom stereocenters. The van der Waals surface area contributed by atoms with Gasteiger partial charge in [0.1, 0.15) is 0 Å². The molecule has 2 aromatic rings. The fourth-order valence-electron chi connectivity index (χ4n) is 2.69. The third kappa shape index (κ3) is 4.64. The molecule has 144 valence electrons. The molecule has 0 radical (unpaired) electrons. The van der Waals surface area contributed by atoms with E-state index in [1.165, 1.54) is 6.92 Å². The molecule has 6 heteroatoms. The molecule has 0 spiro atoms. The van der Waals surface area contributed by atoms with E-state index >= 15 is 0 Å². The van der Waals surface area contributed by atoms with Crippen LogP contribution in [0.2, 0.25) is 0 Å². The molecule has 0 bridgehead atoms. The molecule has 27 heavy (non-hydrogen) atoms. The Morgan fingerprint density at radius 3 is 1.89 bits per heavy atom. The third-order valence-corrected chi connectivity index (χ3v) is 3.91. The van der Waals surface area contributed by atoms with Crippen molar-refractivity contribution in [2.75, 3.05) is 0 Å². The number of Topliss-reactive ketones (excluding diaryl/α,β-unsaturated/α-hetero) is 1. The fraction of sp³-hybridized carbons (Fsp3) is 0.381. The number of aromatic nitrogens is 1. The Morgan fingerprint density at radius 2 is 1.41 bits per heavy atom. The summed E-state index contributed by atoms with van der Waals surface area (Å²) in [7, 11) is 0. The van der Waals surface area contributed by atoms with Crippen LogP contribution in [0, 0.1) is 6.92 Å². The van der Waals surface area contributed by atoms with Crippen molar-refractivity contribution in [3.05, 3.63) is 52.8 Å². The monoisotopic (exact) mass is 371 g/mol. The van der Waals surface area contributed by atoms with Gasteiger partial charge in [-0.3, -0.25) is 4.79 Å². The van der Waals surface area contributed by atoms with E-state index < -0.39 is 11.9 Å². The number of benzene rings is 1. The number of hydrogen-bond donors (Lipinski definition) is 0. The first-order valence-electron chi connectivity index (χ1n) is 8.87. The normalized spacial score (nSPS) is 11.0. The molecule has 6 nitrogen and oxygen atoms in total. The molecule has 1 heterocycles. The predicted molar refractivity (Wildman–Crippen MR) is 102 cm³/mol. The number of ketones is 1. The van der Waals surface area contributed by atoms with Gasteiger partial charge in [-0.1, -0.05) is 0 Å². The van der Waals surface area contributed by atoms with Gasteiger partial charge < -0.3 is 14.0 Å². The van der Waals surface area contributed by atoms with Gasteiger partial charge in [-0.15, -0.1) is 0 Å². The second-order valence-corrected chi connectivity index (χ2v) is 6.88. The summed E-state index contributed by atoms with van der Waals surface area (Å²) in [5.74, 6) is -1.19. The lowest BCUT2D eigenvalue weighted by molar-refractivity contribution is 0.0328. The Labute approximate surface area is 159 Å². The summed E-state index contributed by atoms with van der Waals surface area (Å²) in [6.45, 7) is 10.2. The molecular weight excluding hydrogens is 346 g/mol. The smallest absolute Gasteiger partial charge is 0.341 e. The van der Waals surface area contributed by atoms with Crippen molar-refractivity contribution < 1.29 is 23.9 Å². The Balaban J connectivity index is 2.55. The standard InChI is InChI=1S/C21H25NO5/c1-12(2)26-20(24)18-11-22(14(5)19(18)21(25)27-13(3)4)17-9-7-16(8-10-17)15(6)23/h7-13H,1-6H3. The van der Waals surface area contributed by atoms with Gasteiger partial charge in [0.25, 0.3) is 0 Å². The zero-order valence-electron chi connectivity index (χ0n) is 16.5. The van der Waals surface area contributed by atoms with Crippen molar-refractivity contribution >= 4 is 17.7 Å². The van der Waals surface area contributed by atoms with E-state index in [9.17, 15) is 14.4 Å². The number of carbonyl (C=O) groups excluding carboxylic acids is 3. The van der Waals surface area contributed by atoms with Gasteiger partial charge >= 0.3 is 11.9 Å². The van der Waals surface area contributed by atoms with Crippen LogP contribution in [0.25, 0.3) is 5.69 Å². The van der Waals surface area contributed by atoms with Gasteiger partial charge in [0.15, 0.2) is 5.78 Å². The van der Waals surface area contributed by atoms with Gasteiger partial charge in [0.05, 0.1) is 23.3 Å². The molecule has 0 atom stereocenters. The largest absolute Gasteiger partial charge is 0.459 e. The van der Waals surface area contributed by atoms with E-state index in [4.69, 9.17) is 9.47 Å². The first-order valence-corrected chi connectivity index (χ1v) is 8.87. The number of rotatable bonds is 6. The van der Waals surface area contributed by atoms with Gasteiger partial charge in [0.2, 0.25) is 0 Å². The lowest BCUT2D eigenvalue weighted by Crippen LogP contribution is -2.18. The molecule has 0 aliphatic rings. The van der Waals surface area contributed by atoms with Gasteiger partial charge in [-0.25, -0.2) is 9.59 Å². The first-order chi connectivity index (χ1) is 12.6. The number of carbonyl (C=O) groups is 3. The van der Waals surface area contributed by atoms with Crippen LogP contribution in [0.1, 0.15) is 71.4 Å². The average Bonchev–Trinajstić information content (AvgIpc) is 2.91. The van der Waals surface area contributed by atoms with Gasteiger partial charge in [-0.2, -0.15) is 0 Å². The summed E-state index contributed by atoms with van der Waals surface area (Å²) in [5, 5.41) is 0. The average molecular weight is 371 g/mol. The lowest BCUT2D eigenvalue weighted by Gasteiger charge is -2.11. The minimum Gasteiger partial charge on any atom is -0.459 e. The Morgan fingerprint density at radius 1 is 0.889 bits per heavy atom. The van der Waals surface area contributed by atoms with Crippen LogP contribution in [-0.2, 0) is 9.47 Å². The summed E-state index contributed by atoms with van der Waals surface area (Å²) >= 11 is 0. The summed E-state index contributed by atoms with van der Waals surface area (Å²) in [5.41, 5.74) is 2.21. The van der Waals surface area contributed by atoms with Crippen LogP contribution in [0.5, 0.6) is 0 Å². The minimum absolute atomic E-state index is 0.0341. The third-order valence-electron chi connectivity index (χ3n) is 3.91. The highest BCUT2D eigenvalue weighted by Crippen LogP contribution is 2.24. The SMILES string of the molecule is CC(=O)c1ccc(-n2cc(C(=O)OC(C)C)c(C(=O)OC(C)C)c2C)cc1. The van der Waals surface area contributed by atoms with Crippen LogP contribution in [0.4, 0.5) is 0 Å². The number of nitrogens with zero attached hydrogens (tertiary/aromatic N) is 1. The van der Waals surface area contributed by atoms with E-state index in [1.54, 1.807) is 69.6 Å².